The fourth-order valence-electron chi connectivity index (χ4n) is 1.54. The summed E-state index contributed by atoms with van der Waals surface area (Å²) in [6.45, 7) is 7.69. The van der Waals surface area contributed by atoms with Crippen molar-refractivity contribution in [3.05, 3.63) is 21.9 Å². The SMILES string of the molecule is CCNC(C)CC(=O)NCc1ccc(C)s1. The Morgan fingerprint density at radius 3 is 2.81 bits per heavy atom. The molecule has 1 aromatic heterocycles. The molecule has 0 aliphatic carbocycles. The number of carbonyl (C=O) groups is 1. The van der Waals surface area contributed by atoms with E-state index in [4.69, 9.17) is 0 Å². The highest BCUT2D eigenvalue weighted by molar-refractivity contribution is 7.11. The average Bonchev–Trinajstić information content (AvgIpc) is 2.61. The molecule has 1 aromatic rings. The molecule has 0 aliphatic heterocycles. The van der Waals surface area contributed by atoms with Crippen LogP contribution in [-0.2, 0) is 11.3 Å². The van der Waals surface area contributed by atoms with Gasteiger partial charge < -0.3 is 10.6 Å². The standard InChI is InChI=1S/C12H20N2OS/c1-4-13-9(2)7-12(15)14-8-11-6-5-10(3)16-11/h5-6,9,13H,4,7-8H2,1-3H3,(H,14,15). The zero-order valence-corrected chi connectivity index (χ0v) is 11.0. The molecule has 2 N–H and O–H groups in total. The van der Waals surface area contributed by atoms with E-state index in [9.17, 15) is 4.79 Å². The molecule has 0 radical (unpaired) electrons. The highest BCUT2D eigenvalue weighted by Crippen LogP contribution is 2.14. The van der Waals surface area contributed by atoms with Gasteiger partial charge in [-0.25, -0.2) is 0 Å². The molecule has 90 valence electrons. The van der Waals surface area contributed by atoms with Crippen molar-refractivity contribution >= 4 is 17.2 Å². The van der Waals surface area contributed by atoms with E-state index in [0.717, 1.165) is 6.54 Å². The highest BCUT2D eigenvalue weighted by Gasteiger charge is 2.07. The Labute approximate surface area is 101 Å². The van der Waals surface area contributed by atoms with Crippen LogP contribution < -0.4 is 10.6 Å². The molecule has 0 bridgehead atoms. The van der Waals surface area contributed by atoms with Crippen molar-refractivity contribution in [3.8, 4) is 0 Å². The van der Waals surface area contributed by atoms with Gasteiger partial charge in [-0.15, -0.1) is 11.3 Å². The highest BCUT2D eigenvalue weighted by atomic mass is 32.1. The van der Waals surface area contributed by atoms with Gasteiger partial charge in [0.25, 0.3) is 0 Å². The molecule has 4 heteroatoms. The minimum absolute atomic E-state index is 0.111. The largest absolute Gasteiger partial charge is 0.351 e. The van der Waals surface area contributed by atoms with Crippen molar-refractivity contribution in [3.63, 3.8) is 0 Å². The Kier molecular flexibility index (Phi) is 5.49. The molecule has 0 aliphatic rings. The quantitative estimate of drug-likeness (QED) is 0.799. The summed E-state index contributed by atoms with van der Waals surface area (Å²) in [5.41, 5.74) is 0. The second kappa shape index (κ2) is 6.66. The van der Waals surface area contributed by atoms with E-state index in [0.29, 0.717) is 13.0 Å². The summed E-state index contributed by atoms with van der Waals surface area (Å²) in [4.78, 5) is 14.1. The molecule has 1 heterocycles. The van der Waals surface area contributed by atoms with Gasteiger partial charge in [-0.1, -0.05) is 6.92 Å². The molecular formula is C12H20N2OS. The number of thiophene rings is 1. The molecule has 1 rings (SSSR count). The van der Waals surface area contributed by atoms with E-state index in [1.807, 2.05) is 13.8 Å². The third kappa shape index (κ3) is 4.77. The molecule has 16 heavy (non-hydrogen) atoms. The summed E-state index contributed by atoms with van der Waals surface area (Å²) in [7, 11) is 0. The molecule has 0 saturated heterocycles. The second-order valence-electron chi connectivity index (χ2n) is 3.95. The van der Waals surface area contributed by atoms with Crippen molar-refractivity contribution in [1.82, 2.24) is 10.6 Å². The molecule has 1 unspecified atom stereocenters. The first-order valence-electron chi connectivity index (χ1n) is 5.67. The van der Waals surface area contributed by atoms with Crippen molar-refractivity contribution in [2.45, 2.75) is 39.8 Å². The van der Waals surface area contributed by atoms with E-state index in [1.165, 1.54) is 9.75 Å². The minimum atomic E-state index is 0.111. The smallest absolute Gasteiger partial charge is 0.221 e. The monoisotopic (exact) mass is 240 g/mol. The van der Waals surface area contributed by atoms with E-state index in [1.54, 1.807) is 11.3 Å². The van der Waals surface area contributed by atoms with Crippen LogP contribution in [0.15, 0.2) is 12.1 Å². The number of rotatable bonds is 6. The Hall–Kier alpha value is -0.870. The summed E-state index contributed by atoms with van der Waals surface area (Å²) < 4.78 is 0. The van der Waals surface area contributed by atoms with Gasteiger partial charge in [0.15, 0.2) is 0 Å². The topological polar surface area (TPSA) is 41.1 Å². The van der Waals surface area contributed by atoms with E-state index < -0.39 is 0 Å². The number of hydrogen-bond acceptors (Lipinski definition) is 3. The van der Waals surface area contributed by atoms with Crippen molar-refractivity contribution in [1.29, 1.82) is 0 Å². The van der Waals surface area contributed by atoms with Gasteiger partial charge in [-0.2, -0.15) is 0 Å². The third-order valence-corrected chi connectivity index (χ3v) is 3.30. The minimum Gasteiger partial charge on any atom is -0.351 e. The van der Waals surface area contributed by atoms with Crippen LogP contribution in [0, 0.1) is 6.92 Å². The maximum atomic E-state index is 11.6. The molecule has 3 nitrogen and oxygen atoms in total. The Morgan fingerprint density at radius 1 is 1.50 bits per heavy atom. The lowest BCUT2D eigenvalue weighted by Crippen LogP contribution is -2.33. The number of carbonyl (C=O) groups excluding carboxylic acids is 1. The molecule has 1 atom stereocenters. The van der Waals surface area contributed by atoms with Crippen LogP contribution in [0.25, 0.3) is 0 Å². The normalized spacial score (nSPS) is 12.4. The zero-order valence-electron chi connectivity index (χ0n) is 10.2. The van der Waals surface area contributed by atoms with Gasteiger partial charge in [-0.05, 0) is 32.5 Å². The summed E-state index contributed by atoms with van der Waals surface area (Å²) in [5, 5.41) is 6.15. The van der Waals surface area contributed by atoms with E-state index in [-0.39, 0.29) is 11.9 Å². The first-order valence-corrected chi connectivity index (χ1v) is 6.49. The Morgan fingerprint density at radius 2 is 2.25 bits per heavy atom. The number of nitrogens with one attached hydrogen (secondary N) is 2. The lowest BCUT2D eigenvalue weighted by molar-refractivity contribution is -0.121. The molecule has 0 aromatic carbocycles. The summed E-state index contributed by atoms with van der Waals surface area (Å²) in [6, 6.07) is 4.39. The zero-order chi connectivity index (χ0) is 12.0. The first-order chi connectivity index (χ1) is 7.61. The molecular weight excluding hydrogens is 220 g/mol. The van der Waals surface area contributed by atoms with Crippen molar-refractivity contribution in [2.24, 2.45) is 0 Å². The van der Waals surface area contributed by atoms with Crippen LogP contribution in [0.5, 0.6) is 0 Å². The third-order valence-electron chi connectivity index (χ3n) is 2.30. The van der Waals surface area contributed by atoms with Crippen LogP contribution in [0.4, 0.5) is 0 Å². The van der Waals surface area contributed by atoms with E-state index >= 15 is 0 Å². The van der Waals surface area contributed by atoms with E-state index in [2.05, 4.69) is 29.7 Å². The lowest BCUT2D eigenvalue weighted by atomic mass is 10.2. The Bertz CT molecular complexity index is 336. The molecule has 1 amide bonds. The number of amides is 1. The van der Waals surface area contributed by atoms with Gasteiger partial charge >= 0.3 is 0 Å². The predicted octanol–water partition coefficient (Wildman–Crippen LogP) is 2.06. The van der Waals surface area contributed by atoms with Gasteiger partial charge in [-0.3, -0.25) is 4.79 Å². The second-order valence-corrected chi connectivity index (χ2v) is 5.32. The van der Waals surface area contributed by atoms with Crippen LogP contribution in [0.1, 0.15) is 30.0 Å². The van der Waals surface area contributed by atoms with Crippen LogP contribution in [0.3, 0.4) is 0 Å². The average molecular weight is 240 g/mol. The van der Waals surface area contributed by atoms with Gasteiger partial charge in [0.2, 0.25) is 5.91 Å². The maximum Gasteiger partial charge on any atom is 0.221 e. The first kappa shape index (κ1) is 13.2. The number of aryl methyl sites for hydroxylation is 1. The van der Waals surface area contributed by atoms with Gasteiger partial charge in [0.05, 0.1) is 6.54 Å². The fourth-order valence-corrected chi connectivity index (χ4v) is 2.37. The maximum absolute atomic E-state index is 11.6. The molecule has 0 saturated carbocycles. The lowest BCUT2D eigenvalue weighted by Gasteiger charge is -2.11. The van der Waals surface area contributed by atoms with Crippen molar-refractivity contribution in [2.75, 3.05) is 6.54 Å². The van der Waals surface area contributed by atoms with Crippen LogP contribution >= 0.6 is 11.3 Å². The summed E-state index contributed by atoms with van der Waals surface area (Å²) in [5.74, 6) is 0.111. The van der Waals surface area contributed by atoms with Gasteiger partial charge in [0.1, 0.15) is 0 Å². The molecule has 0 fully saturated rings. The fraction of sp³-hybridized carbons (Fsp3) is 0.583. The summed E-state index contributed by atoms with van der Waals surface area (Å²) >= 11 is 1.73. The van der Waals surface area contributed by atoms with Crippen LogP contribution in [0.2, 0.25) is 0 Å². The molecule has 0 spiro atoms. The number of hydrogen-bond donors (Lipinski definition) is 2. The Balaban J connectivity index is 2.25. The van der Waals surface area contributed by atoms with Gasteiger partial charge in [0, 0.05) is 22.2 Å². The summed E-state index contributed by atoms with van der Waals surface area (Å²) in [6.07, 6.45) is 0.540. The van der Waals surface area contributed by atoms with Crippen molar-refractivity contribution < 1.29 is 4.79 Å². The van der Waals surface area contributed by atoms with Crippen LogP contribution in [-0.4, -0.2) is 18.5 Å². The predicted molar refractivity (Wildman–Crippen MR) is 68.7 cm³/mol.